The van der Waals surface area contributed by atoms with E-state index in [2.05, 4.69) is 17.3 Å². The van der Waals surface area contributed by atoms with Crippen LogP contribution in [0.3, 0.4) is 0 Å². The number of hydrogen-bond acceptors (Lipinski definition) is 5. The van der Waals surface area contributed by atoms with E-state index >= 15 is 0 Å². The SMILES string of the molecule is CCOCCN(C)c1nc2c(s1)CCCC2NC. The average Bonchev–Trinajstić information content (AvgIpc) is 2.82. The Hall–Kier alpha value is -0.650. The Morgan fingerprint density at radius 3 is 3.11 bits per heavy atom. The molecule has 0 spiro atoms. The zero-order chi connectivity index (χ0) is 13.0. The number of nitrogens with zero attached hydrogens (tertiary/aromatic N) is 2. The summed E-state index contributed by atoms with van der Waals surface area (Å²) >= 11 is 1.84. The summed E-state index contributed by atoms with van der Waals surface area (Å²) in [7, 11) is 4.12. The molecule has 1 aromatic rings. The molecule has 0 amide bonds. The van der Waals surface area contributed by atoms with E-state index in [9.17, 15) is 0 Å². The summed E-state index contributed by atoms with van der Waals surface area (Å²) < 4.78 is 5.39. The normalized spacial score (nSPS) is 18.7. The number of nitrogens with one attached hydrogen (secondary N) is 1. The molecule has 0 saturated heterocycles. The van der Waals surface area contributed by atoms with Gasteiger partial charge in [0, 0.05) is 25.1 Å². The number of thiazole rings is 1. The Morgan fingerprint density at radius 2 is 2.39 bits per heavy atom. The fourth-order valence-electron chi connectivity index (χ4n) is 2.29. The lowest BCUT2D eigenvalue weighted by Gasteiger charge is -2.19. The molecular formula is C13H23N3OS. The summed E-state index contributed by atoms with van der Waals surface area (Å²) in [5.74, 6) is 0. The average molecular weight is 269 g/mol. The number of anilines is 1. The summed E-state index contributed by atoms with van der Waals surface area (Å²) in [6.45, 7) is 4.49. The first kappa shape index (κ1) is 13.8. The molecule has 18 heavy (non-hydrogen) atoms. The lowest BCUT2D eigenvalue weighted by atomic mass is 9.98. The Morgan fingerprint density at radius 1 is 1.56 bits per heavy atom. The van der Waals surface area contributed by atoms with Crippen LogP contribution in [-0.4, -0.2) is 38.8 Å². The van der Waals surface area contributed by atoms with Gasteiger partial charge in [0.2, 0.25) is 0 Å². The second kappa shape index (κ2) is 6.50. The van der Waals surface area contributed by atoms with Gasteiger partial charge in [-0.2, -0.15) is 0 Å². The first-order chi connectivity index (χ1) is 8.76. The van der Waals surface area contributed by atoms with Crippen LogP contribution in [0.5, 0.6) is 0 Å². The Kier molecular flexibility index (Phi) is 4.97. The minimum atomic E-state index is 0.444. The highest BCUT2D eigenvalue weighted by Gasteiger charge is 2.24. The molecule has 0 bridgehead atoms. The van der Waals surface area contributed by atoms with Crippen LogP contribution in [-0.2, 0) is 11.2 Å². The molecule has 1 aromatic heterocycles. The number of aryl methyl sites for hydroxylation is 1. The van der Waals surface area contributed by atoms with Crippen molar-refractivity contribution in [3.05, 3.63) is 10.6 Å². The zero-order valence-corrected chi connectivity index (χ0v) is 12.3. The number of hydrogen-bond donors (Lipinski definition) is 1. The van der Waals surface area contributed by atoms with Crippen LogP contribution in [0.1, 0.15) is 36.4 Å². The molecule has 0 radical (unpaired) electrons. The van der Waals surface area contributed by atoms with Gasteiger partial charge in [-0.15, -0.1) is 11.3 Å². The van der Waals surface area contributed by atoms with Crippen molar-refractivity contribution in [1.82, 2.24) is 10.3 Å². The molecule has 1 unspecified atom stereocenters. The maximum absolute atomic E-state index is 5.39. The fourth-order valence-corrected chi connectivity index (χ4v) is 3.44. The zero-order valence-electron chi connectivity index (χ0n) is 11.5. The quantitative estimate of drug-likeness (QED) is 0.804. The minimum Gasteiger partial charge on any atom is -0.380 e. The number of likely N-dealkylation sites (N-methyl/N-ethyl adjacent to an activating group) is 1. The first-order valence-electron chi connectivity index (χ1n) is 6.72. The van der Waals surface area contributed by atoms with Crippen molar-refractivity contribution in [2.45, 2.75) is 32.2 Å². The van der Waals surface area contributed by atoms with Gasteiger partial charge in [-0.05, 0) is 33.2 Å². The molecule has 5 heteroatoms. The number of rotatable bonds is 6. The van der Waals surface area contributed by atoms with Crippen molar-refractivity contribution in [1.29, 1.82) is 0 Å². The maximum atomic E-state index is 5.39. The van der Waals surface area contributed by atoms with Crippen LogP contribution in [0.2, 0.25) is 0 Å². The van der Waals surface area contributed by atoms with E-state index in [1.165, 1.54) is 29.8 Å². The van der Waals surface area contributed by atoms with Crippen molar-refractivity contribution in [3.63, 3.8) is 0 Å². The molecule has 1 N–H and O–H groups in total. The van der Waals surface area contributed by atoms with Gasteiger partial charge in [0.05, 0.1) is 18.3 Å². The van der Waals surface area contributed by atoms with E-state index < -0.39 is 0 Å². The smallest absolute Gasteiger partial charge is 0.185 e. The fraction of sp³-hybridized carbons (Fsp3) is 0.769. The minimum absolute atomic E-state index is 0.444. The second-order valence-electron chi connectivity index (χ2n) is 4.66. The molecular weight excluding hydrogens is 246 g/mol. The predicted molar refractivity (Wildman–Crippen MR) is 76.6 cm³/mol. The van der Waals surface area contributed by atoms with Gasteiger partial charge in [0.1, 0.15) is 0 Å². The molecule has 2 rings (SSSR count). The molecule has 0 fully saturated rings. The monoisotopic (exact) mass is 269 g/mol. The van der Waals surface area contributed by atoms with Crippen LogP contribution in [0, 0.1) is 0 Å². The largest absolute Gasteiger partial charge is 0.380 e. The third-order valence-corrected chi connectivity index (χ3v) is 4.64. The van der Waals surface area contributed by atoms with Gasteiger partial charge in [-0.25, -0.2) is 4.98 Å². The van der Waals surface area contributed by atoms with Gasteiger partial charge in [-0.3, -0.25) is 0 Å². The highest BCUT2D eigenvalue weighted by molar-refractivity contribution is 7.15. The van der Waals surface area contributed by atoms with Crippen LogP contribution >= 0.6 is 11.3 Å². The summed E-state index contributed by atoms with van der Waals surface area (Å²) in [5.41, 5.74) is 1.27. The molecule has 0 saturated carbocycles. The van der Waals surface area contributed by atoms with Crippen LogP contribution in [0.25, 0.3) is 0 Å². The Labute approximate surface area is 113 Å². The van der Waals surface area contributed by atoms with Gasteiger partial charge in [0.15, 0.2) is 5.13 Å². The van der Waals surface area contributed by atoms with Crippen molar-refractivity contribution in [2.24, 2.45) is 0 Å². The van der Waals surface area contributed by atoms with E-state index in [1.54, 1.807) is 0 Å². The van der Waals surface area contributed by atoms with Gasteiger partial charge < -0.3 is 15.0 Å². The molecule has 0 aliphatic heterocycles. The van der Waals surface area contributed by atoms with Gasteiger partial charge in [-0.1, -0.05) is 0 Å². The third-order valence-electron chi connectivity index (χ3n) is 3.39. The number of fused-ring (bicyclic) bond motifs is 1. The standard InChI is InChI=1S/C13H23N3OS/c1-4-17-9-8-16(3)13-15-12-10(14-2)6-5-7-11(12)18-13/h10,14H,4-9H2,1-3H3. The van der Waals surface area contributed by atoms with Crippen LogP contribution < -0.4 is 10.2 Å². The highest BCUT2D eigenvalue weighted by Crippen LogP contribution is 2.36. The summed E-state index contributed by atoms with van der Waals surface area (Å²) in [4.78, 5) is 8.47. The van der Waals surface area contributed by atoms with E-state index in [4.69, 9.17) is 9.72 Å². The third kappa shape index (κ3) is 3.02. The maximum Gasteiger partial charge on any atom is 0.185 e. The van der Waals surface area contributed by atoms with Crippen LogP contribution in [0.15, 0.2) is 0 Å². The molecule has 1 aliphatic carbocycles. The van der Waals surface area contributed by atoms with Gasteiger partial charge >= 0.3 is 0 Å². The predicted octanol–water partition coefficient (Wildman–Crippen LogP) is 2.21. The summed E-state index contributed by atoms with van der Waals surface area (Å²) in [6, 6.07) is 0.444. The Balaban J connectivity index is 2.04. The number of aromatic nitrogens is 1. The van der Waals surface area contributed by atoms with Crippen molar-refractivity contribution < 1.29 is 4.74 Å². The topological polar surface area (TPSA) is 37.4 Å². The summed E-state index contributed by atoms with van der Waals surface area (Å²) in [6.07, 6.45) is 3.66. The van der Waals surface area contributed by atoms with Crippen molar-refractivity contribution in [3.8, 4) is 0 Å². The lowest BCUT2D eigenvalue weighted by Crippen LogP contribution is -2.23. The van der Waals surface area contributed by atoms with Crippen molar-refractivity contribution >= 4 is 16.5 Å². The first-order valence-corrected chi connectivity index (χ1v) is 7.53. The van der Waals surface area contributed by atoms with Crippen molar-refractivity contribution in [2.75, 3.05) is 38.8 Å². The number of ether oxygens (including phenoxy) is 1. The Bertz CT molecular complexity index is 380. The molecule has 1 aliphatic rings. The molecule has 4 nitrogen and oxygen atoms in total. The van der Waals surface area contributed by atoms with Gasteiger partial charge in [0.25, 0.3) is 0 Å². The molecule has 0 aromatic carbocycles. The highest BCUT2D eigenvalue weighted by atomic mass is 32.1. The molecule has 1 heterocycles. The second-order valence-corrected chi connectivity index (χ2v) is 5.72. The summed E-state index contributed by atoms with van der Waals surface area (Å²) in [5, 5.41) is 4.49. The van der Waals surface area contributed by atoms with E-state index in [1.807, 2.05) is 25.3 Å². The molecule has 102 valence electrons. The van der Waals surface area contributed by atoms with E-state index in [0.29, 0.717) is 6.04 Å². The lowest BCUT2D eigenvalue weighted by molar-refractivity contribution is 0.154. The van der Waals surface area contributed by atoms with E-state index in [-0.39, 0.29) is 0 Å². The molecule has 1 atom stereocenters. The van der Waals surface area contributed by atoms with E-state index in [0.717, 1.165) is 24.9 Å². The van der Waals surface area contributed by atoms with Crippen LogP contribution in [0.4, 0.5) is 5.13 Å².